The third kappa shape index (κ3) is 4.09. The Kier molecular flexibility index (Phi) is 5.08. The van der Waals surface area contributed by atoms with Crippen LogP contribution in [0.4, 0.5) is 4.79 Å². The number of carbonyl (C=O) groups is 2. The molecule has 0 spiro atoms. The average Bonchev–Trinajstić information content (AvgIpc) is 2.43. The van der Waals surface area contributed by atoms with Crippen LogP contribution in [-0.4, -0.2) is 52.3 Å². The van der Waals surface area contributed by atoms with Gasteiger partial charge >= 0.3 is 12.0 Å². The molecule has 2 fully saturated rings. The molecule has 0 aromatic heterocycles. The fourth-order valence-corrected chi connectivity index (χ4v) is 3.50. The third-order valence-electron chi connectivity index (χ3n) is 4.84. The molecule has 0 aromatic carbocycles. The number of carboxylic acids is 1. The fourth-order valence-electron chi connectivity index (χ4n) is 3.50. The Bertz CT molecular complexity index is 401. The highest BCUT2D eigenvalue weighted by Gasteiger charge is 2.43. The second-order valence-electron chi connectivity index (χ2n) is 6.63. The van der Waals surface area contributed by atoms with Gasteiger partial charge in [0.05, 0.1) is 5.60 Å². The van der Waals surface area contributed by atoms with Gasteiger partial charge in [-0.3, -0.25) is 4.79 Å². The smallest absolute Gasteiger partial charge is 0.317 e. The van der Waals surface area contributed by atoms with Crippen molar-refractivity contribution in [3.63, 3.8) is 0 Å². The minimum atomic E-state index is -0.845. The number of amides is 2. The topological polar surface area (TPSA) is 89.9 Å². The van der Waals surface area contributed by atoms with Crippen LogP contribution in [0, 0.1) is 11.8 Å². The van der Waals surface area contributed by atoms with E-state index in [9.17, 15) is 14.7 Å². The van der Waals surface area contributed by atoms with Gasteiger partial charge in [0.1, 0.15) is 0 Å². The molecule has 2 rings (SSSR count). The largest absolute Gasteiger partial charge is 0.481 e. The van der Waals surface area contributed by atoms with Crippen LogP contribution in [0.25, 0.3) is 0 Å². The van der Waals surface area contributed by atoms with Crippen LogP contribution in [0.2, 0.25) is 0 Å². The summed E-state index contributed by atoms with van der Waals surface area (Å²) in [5.74, 6) is -0.743. The number of urea groups is 1. The third-order valence-corrected chi connectivity index (χ3v) is 4.84. The predicted octanol–water partition coefficient (Wildman–Crippen LogP) is 1.43. The number of rotatable bonds is 4. The van der Waals surface area contributed by atoms with Crippen LogP contribution < -0.4 is 5.32 Å². The first kappa shape index (κ1) is 16.1. The molecule has 3 unspecified atom stereocenters. The van der Waals surface area contributed by atoms with Crippen molar-refractivity contribution in [2.45, 2.75) is 51.0 Å². The molecular formula is C15H26N2O4. The van der Waals surface area contributed by atoms with Gasteiger partial charge in [0.2, 0.25) is 0 Å². The first-order chi connectivity index (χ1) is 9.90. The number of carbonyl (C=O) groups excluding carboxylic acids is 1. The number of fused-ring (bicyclic) bond motifs is 1. The van der Waals surface area contributed by atoms with Crippen molar-refractivity contribution in [1.82, 2.24) is 10.2 Å². The molecule has 1 heterocycles. The monoisotopic (exact) mass is 298 g/mol. The van der Waals surface area contributed by atoms with Crippen LogP contribution in [0.15, 0.2) is 0 Å². The molecule has 1 aliphatic heterocycles. The number of carboxylic acid groups (broad SMARTS) is 1. The summed E-state index contributed by atoms with van der Waals surface area (Å²) in [6, 6.07) is -0.139. The van der Waals surface area contributed by atoms with Crippen LogP contribution in [0.1, 0.15) is 45.4 Å². The highest BCUT2D eigenvalue weighted by atomic mass is 16.4. The quantitative estimate of drug-likeness (QED) is 0.732. The van der Waals surface area contributed by atoms with E-state index in [4.69, 9.17) is 5.11 Å². The molecular weight excluding hydrogens is 272 g/mol. The number of nitrogens with one attached hydrogen (secondary N) is 1. The van der Waals surface area contributed by atoms with E-state index in [-0.39, 0.29) is 24.3 Å². The Morgan fingerprint density at radius 2 is 2.14 bits per heavy atom. The maximum atomic E-state index is 12.2. The second-order valence-corrected chi connectivity index (χ2v) is 6.63. The van der Waals surface area contributed by atoms with Crippen LogP contribution in [-0.2, 0) is 4.79 Å². The molecule has 3 atom stereocenters. The number of aliphatic hydroxyl groups is 1. The van der Waals surface area contributed by atoms with E-state index >= 15 is 0 Å². The molecule has 6 heteroatoms. The van der Waals surface area contributed by atoms with Gasteiger partial charge in [-0.2, -0.15) is 0 Å². The highest BCUT2D eigenvalue weighted by Crippen LogP contribution is 2.39. The van der Waals surface area contributed by atoms with Gasteiger partial charge < -0.3 is 20.4 Å². The van der Waals surface area contributed by atoms with Crippen molar-refractivity contribution in [1.29, 1.82) is 0 Å². The first-order valence-corrected chi connectivity index (χ1v) is 7.87. The highest BCUT2D eigenvalue weighted by molar-refractivity contribution is 5.74. The van der Waals surface area contributed by atoms with Crippen molar-refractivity contribution in [2.75, 3.05) is 19.6 Å². The fraction of sp³-hybridized carbons (Fsp3) is 0.867. The molecule has 1 aliphatic carbocycles. The van der Waals surface area contributed by atoms with Crippen LogP contribution in [0.5, 0.6) is 0 Å². The zero-order valence-corrected chi connectivity index (χ0v) is 12.7. The van der Waals surface area contributed by atoms with Crippen molar-refractivity contribution in [2.24, 2.45) is 11.8 Å². The first-order valence-electron chi connectivity index (χ1n) is 7.87. The maximum Gasteiger partial charge on any atom is 0.317 e. The Hall–Kier alpha value is -1.30. The molecule has 1 saturated carbocycles. The average molecular weight is 298 g/mol. The molecule has 2 amide bonds. The van der Waals surface area contributed by atoms with Crippen molar-refractivity contribution in [3.8, 4) is 0 Å². The van der Waals surface area contributed by atoms with Crippen LogP contribution >= 0.6 is 0 Å². The van der Waals surface area contributed by atoms with Gasteiger partial charge in [0, 0.05) is 32.0 Å². The summed E-state index contributed by atoms with van der Waals surface area (Å²) >= 11 is 0. The SMILES string of the molecule is CC(CNC(=O)N1CCC2(O)CCCCC2C1)CC(=O)O. The normalized spacial score (nSPS) is 30.4. The zero-order chi connectivity index (χ0) is 15.5. The standard InChI is InChI=1S/C15H26N2O4/c1-11(8-13(18)19)9-16-14(20)17-7-6-15(21)5-3-2-4-12(15)10-17/h11-12,21H,2-10H2,1H3,(H,16,20)(H,18,19). The van der Waals surface area contributed by atoms with Crippen molar-refractivity contribution in [3.05, 3.63) is 0 Å². The summed E-state index contributed by atoms with van der Waals surface area (Å²) in [6.45, 7) is 3.36. The summed E-state index contributed by atoms with van der Waals surface area (Å²) < 4.78 is 0. The van der Waals surface area contributed by atoms with Crippen LogP contribution in [0.3, 0.4) is 0 Å². The van der Waals surface area contributed by atoms with Gasteiger partial charge in [-0.05, 0) is 25.2 Å². The lowest BCUT2D eigenvalue weighted by molar-refractivity contribution is -0.137. The molecule has 21 heavy (non-hydrogen) atoms. The maximum absolute atomic E-state index is 12.2. The van der Waals surface area contributed by atoms with E-state index in [1.165, 1.54) is 0 Å². The van der Waals surface area contributed by atoms with Crippen molar-refractivity contribution >= 4 is 12.0 Å². The van der Waals surface area contributed by atoms with E-state index in [1.54, 1.807) is 4.90 Å². The Balaban J connectivity index is 1.80. The number of piperidine rings is 1. The van der Waals surface area contributed by atoms with Gasteiger partial charge in [-0.15, -0.1) is 0 Å². The van der Waals surface area contributed by atoms with Gasteiger partial charge in [-0.1, -0.05) is 19.8 Å². The van der Waals surface area contributed by atoms with Gasteiger partial charge in [-0.25, -0.2) is 4.79 Å². The molecule has 0 bridgehead atoms. The van der Waals surface area contributed by atoms with Crippen molar-refractivity contribution < 1.29 is 19.8 Å². The van der Waals surface area contributed by atoms with E-state index in [0.717, 1.165) is 25.7 Å². The molecule has 0 radical (unpaired) electrons. The lowest BCUT2D eigenvalue weighted by Crippen LogP contribution is -2.56. The second kappa shape index (κ2) is 6.64. The summed E-state index contributed by atoms with van der Waals surface area (Å²) in [7, 11) is 0. The molecule has 1 saturated heterocycles. The summed E-state index contributed by atoms with van der Waals surface area (Å²) in [5.41, 5.74) is -0.578. The lowest BCUT2D eigenvalue weighted by Gasteiger charge is -2.47. The molecule has 3 N–H and O–H groups in total. The molecule has 6 nitrogen and oxygen atoms in total. The summed E-state index contributed by atoms with van der Waals surface area (Å²) in [5, 5.41) is 22.1. The minimum Gasteiger partial charge on any atom is -0.481 e. The number of hydrogen-bond donors (Lipinski definition) is 3. The zero-order valence-electron chi connectivity index (χ0n) is 12.7. The molecule has 0 aromatic rings. The number of nitrogens with zero attached hydrogens (tertiary/aromatic N) is 1. The summed E-state index contributed by atoms with van der Waals surface area (Å²) in [4.78, 5) is 24.5. The Labute approximate surface area is 125 Å². The number of likely N-dealkylation sites (tertiary alicyclic amines) is 1. The lowest BCUT2D eigenvalue weighted by atomic mass is 9.71. The molecule has 2 aliphatic rings. The summed E-state index contributed by atoms with van der Waals surface area (Å²) in [6.07, 6.45) is 4.74. The van der Waals surface area contributed by atoms with E-state index in [1.807, 2.05) is 6.92 Å². The van der Waals surface area contributed by atoms with E-state index in [2.05, 4.69) is 5.32 Å². The van der Waals surface area contributed by atoms with E-state index < -0.39 is 11.6 Å². The Morgan fingerprint density at radius 1 is 1.38 bits per heavy atom. The minimum absolute atomic E-state index is 0.0582. The predicted molar refractivity (Wildman–Crippen MR) is 77.9 cm³/mol. The van der Waals surface area contributed by atoms with E-state index in [0.29, 0.717) is 26.1 Å². The van der Waals surface area contributed by atoms with Gasteiger partial charge in [0.15, 0.2) is 0 Å². The Morgan fingerprint density at radius 3 is 2.86 bits per heavy atom. The molecule has 120 valence electrons. The van der Waals surface area contributed by atoms with Gasteiger partial charge in [0.25, 0.3) is 0 Å². The number of aliphatic carboxylic acids is 1. The number of hydrogen-bond acceptors (Lipinski definition) is 3.